The Balaban J connectivity index is 1.55. The van der Waals surface area contributed by atoms with Crippen molar-refractivity contribution in [1.82, 2.24) is 15.1 Å². The molecule has 1 aromatic carbocycles. The van der Waals surface area contributed by atoms with Crippen LogP contribution in [0, 0.1) is 0 Å². The van der Waals surface area contributed by atoms with Crippen LogP contribution in [0.1, 0.15) is 30.7 Å². The monoisotopic (exact) mass is 394 g/mol. The van der Waals surface area contributed by atoms with E-state index in [4.69, 9.17) is 14.0 Å². The lowest BCUT2D eigenvalue weighted by Gasteiger charge is -2.16. The molecule has 0 spiro atoms. The van der Waals surface area contributed by atoms with Crippen molar-refractivity contribution in [3.8, 4) is 23.2 Å². The van der Waals surface area contributed by atoms with Gasteiger partial charge in [-0.05, 0) is 30.2 Å². The Morgan fingerprint density at radius 2 is 1.90 bits per heavy atom. The molecule has 3 heterocycles. The largest absolute Gasteiger partial charge is 0.481 e. The van der Waals surface area contributed by atoms with Gasteiger partial charge in [0.05, 0.1) is 14.2 Å². The number of rotatable bonds is 6. The lowest BCUT2D eigenvalue weighted by Crippen LogP contribution is -2.24. The smallest absolute Gasteiger partial charge is 0.263 e. The summed E-state index contributed by atoms with van der Waals surface area (Å²) in [4.78, 5) is 23.1. The normalized spacial score (nSPS) is 16.3. The molecule has 0 bridgehead atoms. The summed E-state index contributed by atoms with van der Waals surface area (Å²) >= 11 is 0. The van der Waals surface area contributed by atoms with Crippen molar-refractivity contribution in [3.63, 3.8) is 0 Å². The molecule has 1 unspecified atom stereocenters. The predicted molar refractivity (Wildman–Crippen MR) is 106 cm³/mol. The molecule has 0 N–H and O–H groups in total. The van der Waals surface area contributed by atoms with Crippen molar-refractivity contribution in [1.29, 1.82) is 0 Å². The summed E-state index contributed by atoms with van der Waals surface area (Å²) in [6.45, 7) is 2.62. The maximum Gasteiger partial charge on any atom is 0.263 e. The number of amides is 1. The Labute approximate surface area is 168 Å². The van der Waals surface area contributed by atoms with Crippen LogP contribution in [0.5, 0.6) is 11.8 Å². The van der Waals surface area contributed by atoms with Crippen LogP contribution in [0.3, 0.4) is 0 Å². The van der Waals surface area contributed by atoms with Crippen LogP contribution in [0.15, 0.2) is 40.9 Å². The number of aryl methyl sites for hydroxylation is 1. The first-order valence-electron chi connectivity index (χ1n) is 9.45. The highest BCUT2D eigenvalue weighted by atomic mass is 16.5. The topological polar surface area (TPSA) is 90.6 Å². The first-order valence-corrected chi connectivity index (χ1v) is 9.45. The fourth-order valence-electron chi connectivity index (χ4n) is 3.41. The molecule has 1 fully saturated rings. The number of anilines is 1. The van der Waals surface area contributed by atoms with Gasteiger partial charge in [-0.2, -0.15) is 9.97 Å². The van der Waals surface area contributed by atoms with Gasteiger partial charge >= 0.3 is 0 Å². The van der Waals surface area contributed by atoms with Crippen LogP contribution in [-0.2, 0) is 11.2 Å². The zero-order valence-electron chi connectivity index (χ0n) is 16.6. The summed E-state index contributed by atoms with van der Waals surface area (Å²) in [6.07, 6.45) is 1.30. The quantitative estimate of drug-likeness (QED) is 0.634. The SMILES string of the molecule is CCc1ccc(N2CC(c3noc(-c4ccc(OC)nc4OC)n3)CC2=O)cc1. The minimum atomic E-state index is -0.136. The van der Waals surface area contributed by atoms with E-state index in [1.165, 1.54) is 19.8 Å². The third-order valence-electron chi connectivity index (χ3n) is 5.06. The maximum atomic E-state index is 12.6. The van der Waals surface area contributed by atoms with Gasteiger partial charge in [0.1, 0.15) is 5.56 Å². The number of hydrogen-bond acceptors (Lipinski definition) is 7. The fourth-order valence-corrected chi connectivity index (χ4v) is 3.41. The molecule has 0 aliphatic carbocycles. The molecule has 8 nitrogen and oxygen atoms in total. The molecule has 4 rings (SSSR count). The minimum Gasteiger partial charge on any atom is -0.481 e. The van der Waals surface area contributed by atoms with Crippen molar-refractivity contribution < 1.29 is 18.8 Å². The van der Waals surface area contributed by atoms with Gasteiger partial charge in [0.2, 0.25) is 17.7 Å². The van der Waals surface area contributed by atoms with E-state index in [0.29, 0.717) is 42.0 Å². The van der Waals surface area contributed by atoms with Crippen molar-refractivity contribution in [2.24, 2.45) is 0 Å². The Morgan fingerprint density at radius 3 is 2.59 bits per heavy atom. The third kappa shape index (κ3) is 3.65. The Bertz CT molecular complexity index is 1020. The molecule has 1 aliphatic rings. The average molecular weight is 394 g/mol. The molecule has 0 saturated carbocycles. The summed E-state index contributed by atoms with van der Waals surface area (Å²) in [5.74, 6) is 1.47. The van der Waals surface area contributed by atoms with Gasteiger partial charge in [0, 0.05) is 30.6 Å². The van der Waals surface area contributed by atoms with Gasteiger partial charge in [-0.15, -0.1) is 0 Å². The lowest BCUT2D eigenvalue weighted by molar-refractivity contribution is -0.117. The van der Waals surface area contributed by atoms with E-state index in [2.05, 4.69) is 22.0 Å². The highest BCUT2D eigenvalue weighted by molar-refractivity contribution is 5.96. The van der Waals surface area contributed by atoms with E-state index in [1.807, 2.05) is 24.3 Å². The van der Waals surface area contributed by atoms with Crippen molar-refractivity contribution in [3.05, 3.63) is 47.8 Å². The zero-order chi connectivity index (χ0) is 20.4. The van der Waals surface area contributed by atoms with Crippen molar-refractivity contribution in [2.45, 2.75) is 25.7 Å². The van der Waals surface area contributed by atoms with Crippen molar-refractivity contribution >= 4 is 11.6 Å². The van der Waals surface area contributed by atoms with Crippen LogP contribution in [0.25, 0.3) is 11.5 Å². The number of carbonyl (C=O) groups is 1. The summed E-state index contributed by atoms with van der Waals surface area (Å²) in [5, 5.41) is 4.10. The number of methoxy groups -OCH3 is 2. The summed E-state index contributed by atoms with van der Waals surface area (Å²) in [7, 11) is 3.05. The van der Waals surface area contributed by atoms with E-state index < -0.39 is 0 Å². The molecule has 1 aliphatic heterocycles. The van der Waals surface area contributed by atoms with Crippen LogP contribution in [-0.4, -0.2) is 41.8 Å². The number of pyridine rings is 1. The fraction of sp³-hybridized carbons (Fsp3) is 0.333. The highest BCUT2D eigenvalue weighted by Crippen LogP contribution is 2.33. The minimum absolute atomic E-state index is 0.0503. The highest BCUT2D eigenvalue weighted by Gasteiger charge is 2.35. The summed E-state index contributed by atoms with van der Waals surface area (Å²) in [5.41, 5.74) is 2.70. The molecule has 3 aromatic rings. The standard InChI is InChI=1S/C21H22N4O4/c1-4-13-5-7-15(8-6-13)25-12-14(11-18(25)26)19-23-21(29-24-19)16-9-10-17(27-2)22-20(16)28-3/h5-10,14H,4,11-12H2,1-3H3. The predicted octanol–water partition coefficient (Wildman–Crippen LogP) is 3.23. The molecule has 150 valence electrons. The molecule has 1 amide bonds. The number of hydrogen-bond donors (Lipinski definition) is 0. The van der Waals surface area contributed by atoms with Gasteiger partial charge in [0.15, 0.2) is 5.82 Å². The lowest BCUT2D eigenvalue weighted by atomic mass is 10.1. The van der Waals surface area contributed by atoms with E-state index in [0.717, 1.165) is 12.1 Å². The molecule has 1 atom stereocenters. The second-order valence-corrected chi connectivity index (χ2v) is 6.79. The first kappa shape index (κ1) is 18.9. The van der Waals surface area contributed by atoms with Crippen LogP contribution in [0.2, 0.25) is 0 Å². The van der Waals surface area contributed by atoms with Crippen LogP contribution < -0.4 is 14.4 Å². The van der Waals surface area contributed by atoms with E-state index in [9.17, 15) is 4.79 Å². The van der Waals surface area contributed by atoms with E-state index >= 15 is 0 Å². The van der Waals surface area contributed by atoms with E-state index in [-0.39, 0.29) is 11.8 Å². The maximum absolute atomic E-state index is 12.6. The van der Waals surface area contributed by atoms with Gasteiger partial charge in [-0.1, -0.05) is 24.2 Å². The second-order valence-electron chi connectivity index (χ2n) is 6.79. The summed E-state index contributed by atoms with van der Waals surface area (Å²) < 4.78 is 15.9. The molecule has 29 heavy (non-hydrogen) atoms. The van der Waals surface area contributed by atoms with Crippen LogP contribution >= 0.6 is 0 Å². The number of nitrogens with zero attached hydrogens (tertiary/aromatic N) is 4. The number of carbonyl (C=O) groups excluding carboxylic acids is 1. The number of ether oxygens (including phenoxy) is 2. The Kier molecular flexibility index (Phi) is 5.16. The third-order valence-corrected chi connectivity index (χ3v) is 5.06. The van der Waals surface area contributed by atoms with Crippen LogP contribution in [0.4, 0.5) is 5.69 Å². The first-order chi connectivity index (χ1) is 14.1. The molecule has 8 heteroatoms. The number of benzene rings is 1. The van der Waals surface area contributed by atoms with E-state index in [1.54, 1.807) is 17.0 Å². The average Bonchev–Trinajstić information content (AvgIpc) is 3.40. The second kappa shape index (κ2) is 7.90. The number of aromatic nitrogens is 3. The molecule has 2 aromatic heterocycles. The van der Waals surface area contributed by atoms with Gasteiger partial charge in [0.25, 0.3) is 5.89 Å². The molecule has 1 saturated heterocycles. The van der Waals surface area contributed by atoms with Gasteiger partial charge < -0.3 is 18.9 Å². The Hall–Kier alpha value is -3.42. The van der Waals surface area contributed by atoms with Gasteiger partial charge in [-0.25, -0.2) is 0 Å². The van der Waals surface area contributed by atoms with Crippen molar-refractivity contribution in [2.75, 3.05) is 25.7 Å². The molecule has 0 radical (unpaired) electrons. The summed E-state index contributed by atoms with van der Waals surface area (Å²) in [6, 6.07) is 11.5. The molecular weight excluding hydrogens is 372 g/mol. The zero-order valence-corrected chi connectivity index (χ0v) is 16.6. The molecular formula is C21H22N4O4. The Morgan fingerprint density at radius 1 is 1.10 bits per heavy atom. The van der Waals surface area contributed by atoms with Gasteiger partial charge in [-0.3, -0.25) is 4.79 Å².